The number of hydrogen-bond donors (Lipinski definition) is 6. The number of aliphatic carboxylic acids is 2. The lowest BCUT2D eigenvalue weighted by Gasteiger charge is -2.71. The molecule has 5 aliphatic carbocycles. The topological polar surface area (TPSA) is 191 Å². The van der Waals surface area contributed by atoms with E-state index in [2.05, 4.69) is 26.8 Å². The zero-order chi connectivity index (χ0) is 34.7. The smallest absolute Gasteiger partial charge is 0.335 e. The Bertz CT molecular complexity index is 1350. The molecule has 1 aliphatic heterocycles. The Hall–Kier alpha value is -1.89. The van der Waals surface area contributed by atoms with Gasteiger partial charge in [-0.3, -0.25) is 4.79 Å². The highest BCUT2D eigenvalue weighted by molar-refractivity contribution is 5.77. The molecule has 0 aromatic carbocycles. The van der Waals surface area contributed by atoms with Crippen LogP contribution < -0.4 is 0 Å². The van der Waals surface area contributed by atoms with Crippen molar-refractivity contribution in [2.75, 3.05) is 0 Å². The van der Waals surface area contributed by atoms with E-state index in [1.807, 2.05) is 20.8 Å². The van der Waals surface area contributed by atoms with Crippen LogP contribution in [0, 0.1) is 50.2 Å². The Morgan fingerprint density at radius 2 is 1.51 bits per heavy atom. The lowest BCUT2D eigenvalue weighted by molar-refractivity contribution is -0.321. The Balaban J connectivity index is 1.33. The van der Waals surface area contributed by atoms with Gasteiger partial charge in [0.25, 0.3) is 0 Å². The number of carbonyl (C=O) groups is 3. The largest absolute Gasteiger partial charge is 0.481 e. The Morgan fingerprint density at radius 3 is 2.13 bits per heavy atom. The van der Waals surface area contributed by atoms with Gasteiger partial charge in [-0.15, -0.1) is 0 Å². The van der Waals surface area contributed by atoms with Crippen LogP contribution in [0.25, 0.3) is 0 Å². The third-order valence-corrected chi connectivity index (χ3v) is 15.3. The van der Waals surface area contributed by atoms with E-state index in [-0.39, 0.29) is 28.1 Å². The van der Waals surface area contributed by atoms with Crippen LogP contribution in [0.4, 0.5) is 0 Å². The number of aldehydes is 1. The van der Waals surface area contributed by atoms with Crippen molar-refractivity contribution in [3.63, 3.8) is 0 Å². The second-order valence-electron chi connectivity index (χ2n) is 17.5. The van der Waals surface area contributed by atoms with Gasteiger partial charge in [-0.25, -0.2) is 4.79 Å². The summed E-state index contributed by atoms with van der Waals surface area (Å²) in [5.74, 6) is -2.72. The summed E-state index contributed by atoms with van der Waals surface area (Å²) in [5, 5.41) is 63.2. The van der Waals surface area contributed by atoms with Crippen LogP contribution in [0.1, 0.15) is 99.3 Å². The molecule has 0 unspecified atom stereocenters. The number of hydrogen-bond acceptors (Lipinski definition) is 9. The minimum Gasteiger partial charge on any atom is -0.481 e. The van der Waals surface area contributed by atoms with Gasteiger partial charge in [0.1, 0.15) is 24.6 Å². The van der Waals surface area contributed by atoms with Crippen molar-refractivity contribution in [3.8, 4) is 0 Å². The van der Waals surface area contributed by atoms with Crippen LogP contribution in [0.3, 0.4) is 0 Å². The number of carboxylic acid groups (broad SMARTS) is 2. The lowest BCUT2D eigenvalue weighted by Crippen LogP contribution is -2.67. The third-order valence-electron chi connectivity index (χ3n) is 15.3. The predicted molar refractivity (Wildman–Crippen MR) is 168 cm³/mol. The summed E-state index contributed by atoms with van der Waals surface area (Å²) in [7, 11) is 0. The van der Waals surface area contributed by atoms with Crippen molar-refractivity contribution < 1.29 is 54.5 Å². The Kier molecular flexibility index (Phi) is 8.22. The summed E-state index contributed by atoms with van der Waals surface area (Å²) in [6.45, 7) is 12.8. The van der Waals surface area contributed by atoms with Gasteiger partial charge in [0, 0.05) is 5.92 Å². The van der Waals surface area contributed by atoms with Gasteiger partial charge in [0.05, 0.1) is 23.0 Å². The van der Waals surface area contributed by atoms with Gasteiger partial charge >= 0.3 is 11.9 Å². The molecule has 1 saturated heterocycles. The van der Waals surface area contributed by atoms with Crippen LogP contribution in [-0.2, 0) is 23.9 Å². The zero-order valence-electron chi connectivity index (χ0n) is 28.5. The van der Waals surface area contributed by atoms with E-state index in [0.29, 0.717) is 44.9 Å². The Labute approximate surface area is 276 Å². The van der Waals surface area contributed by atoms with Gasteiger partial charge in [0.2, 0.25) is 0 Å². The maximum atomic E-state index is 13.1. The van der Waals surface area contributed by atoms with Crippen LogP contribution in [0.5, 0.6) is 0 Å². The van der Waals surface area contributed by atoms with Crippen molar-refractivity contribution in [1.82, 2.24) is 0 Å². The maximum absolute atomic E-state index is 13.1. The summed E-state index contributed by atoms with van der Waals surface area (Å²) in [4.78, 5) is 37.8. The molecule has 0 radical (unpaired) electrons. The monoisotopic (exact) mass is 662 g/mol. The standard InChI is InChI=1S/C36H54O11/c1-31(2)13-15-36(30(44)45)16-14-34(5)18(22(36)27(31)41)7-8-20-32(3)11-10-21(33(4,17-37)19(32)9-12-35(20,34)6)46-29-25(40)23(38)24(39)26(47-29)28(42)43/h7,17,19-27,29,38-41H,8-16H2,1-6H3,(H,42,43)(H,44,45)/t19-,20-,21+,22-,23+,24+,25-,26+,27+,29-,32+,33+,34-,35-,36+/m1/s1. The number of carbonyl (C=O) groups excluding carboxylic acids is 1. The zero-order valence-corrected chi connectivity index (χ0v) is 28.5. The number of ether oxygens (including phenoxy) is 2. The Morgan fingerprint density at radius 1 is 0.851 bits per heavy atom. The van der Waals surface area contributed by atoms with E-state index in [1.165, 1.54) is 0 Å². The average molecular weight is 663 g/mol. The fourth-order valence-corrected chi connectivity index (χ4v) is 12.0. The highest BCUT2D eigenvalue weighted by Gasteiger charge is 2.71. The molecule has 0 amide bonds. The minimum atomic E-state index is -1.84. The van der Waals surface area contributed by atoms with E-state index >= 15 is 0 Å². The van der Waals surface area contributed by atoms with Crippen LogP contribution in [-0.4, -0.2) is 91.8 Å². The first kappa shape index (κ1) is 35.0. The molecular formula is C36H54O11. The van der Waals surface area contributed by atoms with Crippen molar-refractivity contribution in [2.45, 2.75) is 142 Å². The molecule has 264 valence electrons. The molecule has 47 heavy (non-hydrogen) atoms. The lowest BCUT2D eigenvalue weighted by atomic mass is 9.33. The fourth-order valence-electron chi connectivity index (χ4n) is 12.0. The number of allylic oxidation sites excluding steroid dienone is 1. The normalized spacial score (nSPS) is 53.7. The van der Waals surface area contributed by atoms with Crippen LogP contribution >= 0.6 is 0 Å². The predicted octanol–water partition coefficient (Wildman–Crippen LogP) is 3.30. The molecule has 5 fully saturated rings. The summed E-state index contributed by atoms with van der Waals surface area (Å²) in [6.07, 6.45) is -1.22. The van der Waals surface area contributed by atoms with Crippen molar-refractivity contribution in [1.29, 1.82) is 0 Å². The molecule has 0 bridgehead atoms. The molecule has 0 spiro atoms. The molecule has 15 atom stereocenters. The van der Waals surface area contributed by atoms with Gasteiger partial charge in [0.15, 0.2) is 12.4 Å². The second kappa shape index (κ2) is 11.1. The summed E-state index contributed by atoms with van der Waals surface area (Å²) in [5.41, 5.74) is -2.16. The summed E-state index contributed by atoms with van der Waals surface area (Å²) in [6, 6.07) is 0. The number of aliphatic hydroxyl groups is 4. The number of rotatable bonds is 5. The molecule has 6 N–H and O–H groups in total. The van der Waals surface area contributed by atoms with E-state index in [1.54, 1.807) is 0 Å². The maximum Gasteiger partial charge on any atom is 0.335 e. The first-order chi connectivity index (χ1) is 21.7. The van der Waals surface area contributed by atoms with Crippen molar-refractivity contribution in [3.05, 3.63) is 11.6 Å². The molecule has 0 aromatic rings. The number of fused-ring (bicyclic) bond motifs is 7. The van der Waals surface area contributed by atoms with Crippen LogP contribution in [0.15, 0.2) is 11.6 Å². The average Bonchev–Trinajstić information content (AvgIpc) is 3.00. The molecule has 4 saturated carbocycles. The molecule has 6 rings (SSSR count). The number of aliphatic hydroxyl groups excluding tert-OH is 4. The van der Waals surface area contributed by atoms with Crippen LogP contribution in [0.2, 0.25) is 0 Å². The first-order valence-electron chi connectivity index (χ1n) is 17.4. The molecular weight excluding hydrogens is 608 g/mol. The minimum absolute atomic E-state index is 0.115. The fraction of sp³-hybridized carbons (Fsp3) is 0.861. The molecule has 0 aromatic heterocycles. The highest BCUT2D eigenvalue weighted by atomic mass is 16.7. The van der Waals surface area contributed by atoms with Gasteiger partial charge in [-0.2, -0.15) is 0 Å². The number of carboxylic acids is 2. The molecule has 11 nitrogen and oxygen atoms in total. The molecule has 6 aliphatic rings. The first-order valence-corrected chi connectivity index (χ1v) is 17.4. The summed E-state index contributed by atoms with van der Waals surface area (Å²) >= 11 is 0. The molecule has 1 heterocycles. The van der Waals surface area contributed by atoms with E-state index in [0.717, 1.165) is 24.7 Å². The van der Waals surface area contributed by atoms with E-state index in [4.69, 9.17) is 9.47 Å². The summed E-state index contributed by atoms with van der Waals surface area (Å²) < 4.78 is 11.6. The third kappa shape index (κ3) is 4.55. The van der Waals surface area contributed by atoms with E-state index < -0.39 is 77.0 Å². The molecule has 11 heteroatoms. The quantitative estimate of drug-likeness (QED) is 0.144. The van der Waals surface area contributed by atoms with Crippen molar-refractivity contribution >= 4 is 18.2 Å². The van der Waals surface area contributed by atoms with Gasteiger partial charge < -0.3 is 44.9 Å². The van der Waals surface area contributed by atoms with Gasteiger partial charge in [-0.05, 0) is 91.3 Å². The SMILES string of the molecule is CC1(C)CC[C@]2(C(=O)O)CC[C@]3(C)C(=CC[C@@H]4[C@@]5(C)CC[C@H](O[C@@H]6O[C@H](C(=O)O)[C@@H](O)[C@H](O)[C@H]6O)[C@@](C)(C=O)[C@@H]5CC[C@]43C)[C@@H]2[C@@H]1O. The van der Waals surface area contributed by atoms with Gasteiger partial charge in [-0.1, -0.05) is 53.2 Å². The highest BCUT2D eigenvalue weighted by Crippen LogP contribution is 2.75. The second-order valence-corrected chi connectivity index (χ2v) is 17.5. The van der Waals surface area contributed by atoms with E-state index in [9.17, 15) is 45.0 Å². The van der Waals surface area contributed by atoms with Crippen molar-refractivity contribution in [2.24, 2.45) is 50.2 Å².